The van der Waals surface area contributed by atoms with Gasteiger partial charge in [-0.15, -0.1) is 0 Å². The van der Waals surface area contributed by atoms with E-state index in [4.69, 9.17) is 9.47 Å². The van der Waals surface area contributed by atoms with Crippen LogP contribution in [-0.4, -0.2) is 25.1 Å². The zero-order valence-corrected chi connectivity index (χ0v) is 17.4. The molecular weight excluding hydrogens is 366 g/mol. The van der Waals surface area contributed by atoms with Crippen molar-refractivity contribution in [1.29, 1.82) is 0 Å². The molecule has 0 fully saturated rings. The van der Waals surface area contributed by atoms with Crippen molar-refractivity contribution in [2.75, 3.05) is 18.5 Å². The molecule has 1 amide bonds. The van der Waals surface area contributed by atoms with Crippen molar-refractivity contribution >= 4 is 17.6 Å². The van der Waals surface area contributed by atoms with Gasteiger partial charge in [0.1, 0.15) is 5.75 Å². The normalized spacial score (nSPS) is 10.4. The smallest absolute Gasteiger partial charge is 0.338 e. The van der Waals surface area contributed by atoms with Crippen LogP contribution < -0.4 is 10.1 Å². The molecule has 2 aromatic carbocycles. The molecule has 0 aliphatic heterocycles. The van der Waals surface area contributed by atoms with E-state index in [-0.39, 0.29) is 11.9 Å². The topological polar surface area (TPSA) is 64.6 Å². The third-order valence-electron chi connectivity index (χ3n) is 4.53. The van der Waals surface area contributed by atoms with Crippen LogP contribution in [0.5, 0.6) is 5.75 Å². The summed E-state index contributed by atoms with van der Waals surface area (Å²) in [5.74, 6) is 0.410. The average molecular weight is 398 g/mol. The van der Waals surface area contributed by atoms with Gasteiger partial charge in [-0.2, -0.15) is 0 Å². The Morgan fingerprint density at radius 1 is 0.862 bits per heavy atom. The van der Waals surface area contributed by atoms with Gasteiger partial charge in [0.15, 0.2) is 0 Å². The Morgan fingerprint density at radius 3 is 2.24 bits per heavy atom. The largest absolute Gasteiger partial charge is 0.494 e. The van der Waals surface area contributed by atoms with Crippen LogP contribution in [0.2, 0.25) is 0 Å². The standard InChI is InChI=1S/C24H31NO4/c1-3-5-6-17-29-24(27)20-11-13-21(14-12-20)25-23(26)8-7-18-28-22-15-9-19(4-2)10-16-22/h9-16H,3-8,17-18H2,1-2H3,(H,25,26). The van der Waals surface area contributed by atoms with Crippen LogP contribution in [0.15, 0.2) is 48.5 Å². The van der Waals surface area contributed by atoms with E-state index in [2.05, 4.69) is 19.2 Å². The average Bonchev–Trinajstić information content (AvgIpc) is 2.75. The van der Waals surface area contributed by atoms with E-state index in [1.54, 1.807) is 24.3 Å². The van der Waals surface area contributed by atoms with Crippen LogP contribution >= 0.6 is 0 Å². The molecule has 0 atom stereocenters. The summed E-state index contributed by atoms with van der Waals surface area (Å²) < 4.78 is 10.9. The Balaban J connectivity index is 1.67. The Kier molecular flexibility index (Phi) is 9.76. The highest BCUT2D eigenvalue weighted by molar-refractivity contribution is 5.93. The van der Waals surface area contributed by atoms with Gasteiger partial charge in [0, 0.05) is 12.1 Å². The second-order valence-electron chi connectivity index (χ2n) is 6.92. The molecule has 0 saturated heterocycles. The summed E-state index contributed by atoms with van der Waals surface area (Å²) >= 11 is 0. The maximum Gasteiger partial charge on any atom is 0.338 e. The van der Waals surface area contributed by atoms with Gasteiger partial charge < -0.3 is 14.8 Å². The number of aryl methyl sites for hydroxylation is 1. The van der Waals surface area contributed by atoms with Gasteiger partial charge in [-0.3, -0.25) is 4.79 Å². The number of benzene rings is 2. The number of amides is 1. The molecule has 0 saturated carbocycles. The highest BCUT2D eigenvalue weighted by atomic mass is 16.5. The van der Waals surface area contributed by atoms with E-state index in [9.17, 15) is 9.59 Å². The molecule has 2 rings (SSSR count). The minimum atomic E-state index is -0.330. The highest BCUT2D eigenvalue weighted by Gasteiger charge is 2.08. The molecule has 0 heterocycles. The van der Waals surface area contributed by atoms with Crippen LogP contribution in [0.3, 0.4) is 0 Å². The maximum atomic E-state index is 12.1. The molecule has 0 unspecified atom stereocenters. The lowest BCUT2D eigenvalue weighted by atomic mass is 10.2. The quantitative estimate of drug-likeness (QED) is 0.385. The number of carbonyl (C=O) groups excluding carboxylic acids is 2. The highest BCUT2D eigenvalue weighted by Crippen LogP contribution is 2.14. The Bertz CT molecular complexity index is 753. The van der Waals surface area contributed by atoms with Crippen molar-refractivity contribution in [3.63, 3.8) is 0 Å². The van der Waals surface area contributed by atoms with Gasteiger partial charge in [0.2, 0.25) is 5.91 Å². The van der Waals surface area contributed by atoms with Crippen molar-refractivity contribution in [2.45, 2.75) is 52.4 Å². The zero-order valence-electron chi connectivity index (χ0n) is 17.4. The number of anilines is 1. The van der Waals surface area contributed by atoms with E-state index in [0.29, 0.717) is 37.3 Å². The first kappa shape index (κ1) is 22.5. The predicted octanol–water partition coefficient (Wildman–Crippen LogP) is 5.39. The first-order valence-corrected chi connectivity index (χ1v) is 10.4. The fourth-order valence-corrected chi connectivity index (χ4v) is 2.76. The fourth-order valence-electron chi connectivity index (χ4n) is 2.76. The molecular formula is C24H31NO4. The molecule has 1 N–H and O–H groups in total. The number of ether oxygens (including phenoxy) is 2. The molecule has 0 spiro atoms. The lowest BCUT2D eigenvalue weighted by Crippen LogP contribution is -2.13. The molecule has 29 heavy (non-hydrogen) atoms. The number of hydrogen-bond acceptors (Lipinski definition) is 4. The molecule has 5 heteroatoms. The third-order valence-corrected chi connectivity index (χ3v) is 4.53. The van der Waals surface area contributed by atoms with Gasteiger partial charge in [0.25, 0.3) is 0 Å². The minimum absolute atomic E-state index is 0.0789. The van der Waals surface area contributed by atoms with Crippen molar-refractivity contribution in [3.05, 3.63) is 59.7 Å². The molecule has 0 aromatic heterocycles. The van der Waals surface area contributed by atoms with Gasteiger partial charge in [-0.05, 0) is 61.2 Å². The Hall–Kier alpha value is -2.82. The fraction of sp³-hybridized carbons (Fsp3) is 0.417. The zero-order chi connectivity index (χ0) is 20.9. The van der Waals surface area contributed by atoms with Crippen LogP contribution in [-0.2, 0) is 16.0 Å². The summed E-state index contributed by atoms with van der Waals surface area (Å²) in [5, 5.41) is 2.84. The SMILES string of the molecule is CCCCCOC(=O)c1ccc(NC(=O)CCCOc2ccc(CC)cc2)cc1. The van der Waals surface area contributed by atoms with Gasteiger partial charge >= 0.3 is 5.97 Å². The molecule has 0 aliphatic rings. The van der Waals surface area contributed by atoms with Gasteiger partial charge in [-0.1, -0.05) is 38.8 Å². The minimum Gasteiger partial charge on any atom is -0.494 e. The van der Waals surface area contributed by atoms with Crippen LogP contribution in [0, 0.1) is 0 Å². The number of hydrogen-bond donors (Lipinski definition) is 1. The van der Waals surface area contributed by atoms with E-state index in [1.165, 1.54) is 5.56 Å². The Morgan fingerprint density at radius 2 is 1.59 bits per heavy atom. The Labute approximate surface area is 173 Å². The molecule has 0 aliphatic carbocycles. The molecule has 5 nitrogen and oxygen atoms in total. The molecule has 156 valence electrons. The molecule has 0 radical (unpaired) electrons. The lowest BCUT2D eigenvalue weighted by molar-refractivity contribution is -0.116. The summed E-state index contributed by atoms with van der Waals surface area (Å²) in [6.45, 7) is 5.15. The monoisotopic (exact) mass is 397 g/mol. The van der Waals surface area contributed by atoms with Gasteiger partial charge in [0.05, 0.1) is 18.8 Å². The van der Waals surface area contributed by atoms with E-state index in [0.717, 1.165) is 31.4 Å². The summed E-state index contributed by atoms with van der Waals surface area (Å²) in [6, 6.07) is 14.8. The van der Waals surface area contributed by atoms with E-state index < -0.39 is 0 Å². The van der Waals surface area contributed by atoms with Gasteiger partial charge in [-0.25, -0.2) is 4.79 Å². The third kappa shape index (κ3) is 8.38. The molecule has 2 aromatic rings. The van der Waals surface area contributed by atoms with Crippen LogP contribution in [0.1, 0.15) is 61.9 Å². The summed E-state index contributed by atoms with van der Waals surface area (Å²) in [6.07, 6.45) is 5.02. The van der Waals surface area contributed by atoms with Crippen LogP contribution in [0.4, 0.5) is 5.69 Å². The van der Waals surface area contributed by atoms with Crippen LogP contribution in [0.25, 0.3) is 0 Å². The maximum absolute atomic E-state index is 12.1. The number of rotatable bonds is 12. The van der Waals surface area contributed by atoms with E-state index in [1.807, 2.05) is 24.3 Å². The summed E-state index contributed by atoms with van der Waals surface area (Å²) in [7, 11) is 0. The van der Waals surface area contributed by atoms with Crippen molar-refractivity contribution in [1.82, 2.24) is 0 Å². The molecule has 0 bridgehead atoms. The number of esters is 1. The van der Waals surface area contributed by atoms with Crippen molar-refractivity contribution in [3.8, 4) is 5.75 Å². The lowest BCUT2D eigenvalue weighted by Gasteiger charge is -2.08. The van der Waals surface area contributed by atoms with Crippen molar-refractivity contribution in [2.24, 2.45) is 0 Å². The predicted molar refractivity (Wildman–Crippen MR) is 115 cm³/mol. The number of unbranched alkanes of at least 4 members (excludes halogenated alkanes) is 2. The number of carbonyl (C=O) groups is 2. The van der Waals surface area contributed by atoms with E-state index >= 15 is 0 Å². The summed E-state index contributed by atoms with van der Waals surface area (Å²) in [4.78, 5) is 24.0. The number of nitrogens with one attached hydrogen (secondary N) is 1. The summed E-state index contributed by atoms with van der Waals surface area (Å²) in [5.41, 5.74) is 2.42. The van der Waals surface area contributed by atoms with Crippen molar-refractivity contribution < 1.29 is 19.1 Å². The second kappa shape index (κ2) is 12.6. The second-order valence-corrected chi connectivity index (χ2v) is 6.92. The first-order valence-electron chi connectivity index (χ1n) is 10.4. The first-order chi connectivity index (χ1) is 14.1.